The first-order valence-electron chi connectivity index (χ1n) is 9.33. The molecule has 2 aromatic rings. The van der Waals surface area contributed by atoms with Gasteiger partial charge in [0.15, 0.2) is 0 Å². The Morgan fingerprint density at radius 3 is 2.59 bits per heavy atom. The van der Waals surface area contributed by atoms with Gasteiger partial charge in [-0.1, -0.05) is 42.5 Å². The number of pyridine rings is 1. The minimum atomic E-state index is -3.79. The van der Waals surface area contributed by atoms with E-state index in [0.717, 1.165) is 5.56 Å². The van der Waals surface area contributed by atoms with Crippen molar-refractivity contribution < 1.29 is 22.7 Å². The van der Waals surface area contributed by atoms with Crippen molar-refractivity contribution in [3.05, 3.63) is 71.4 Å². The van der Waals surface area contributed by atoms with Gasteiger partial charge in [-0.25, -0.2) is 18.1 Å². The number of carbonyl (C=O) groups excluding carboxylic acids is 1. The maximum Gasteiger partial charge on any atom is 0.266 e. The van der Waals surface area contributed by atoms with Gasteiger partial charge < -0.3 is 9.47 Å². The van der Waals surface area contributed by atoms with Crippen molar-refractivity contribution in [3.63, 3.8) is 0 Å². The number of benzene rings is 1. The van der Waals surface area contributed by atoms with E-state index in [4.69, 9.17) is 9.47 Å². The summed E-state index contributed by atoms with van der Waals surface area (Å²) in [6.45, 7) is 4.90. The molecule has 0 aliphatic heterocycles. The third-order valence-electron chi connectivity index (χ3n) is 3.87. The number of nitrogens with zero attached hydrogens (tertiary/aromatic N) is 1. The summed E-state index contributed by atoms with van der Waals surface area (Å²) >= 11 is 0. The minimum absolute atomic E-state index is 0.190. The Labute approximate surface area is 171 Å². The molecule has 0 atom stereocenters. The maximum absolute atomic E-state index is 12.2. The molecule has 0 unspecified atom stereocenters. The summed E-state index contributed by atoms with van der Waals surface area (Å²) in [7, 11) is -3.79. The highest BCUT2D eigenvalue weighted by Crippen LogP contribution is 2.13. The summed E-state index contributed by atoms with van der Waals surface area (Å²) in [5, 5.41) is 0. The van der Waals surface area contributed by atoms with Crippen LogP contribution in [0.3, 0.4) is 0 Å². The zero-order chi connectivity index (χ0) is 21.1. The van der Waals surface area contributed by atoms with Crippen molar-refractivity contribution in [2.45, 2.75) is 26.9 Å². The van der Waals surface area contributed by atoms with Gasteiger partial charge in [-0.2, -0.15) is 0 Å². The van der Waals surface area contributed by atoms with Gasteiger partial charge in [-0.15, -0.1) is 0 Å². The molecule has 0 fully saturated rings. The van der Waals surface area contributed by atoms with Crippen molar-refractivity contribution in [3.8, 4) is 5.88 Å². The molecule has 1 heterocycles. The molecular formula is C21H26N2O5S. The second-order valence-electron chi connectivity index (χ2n) is 6.23. The molecule has 1 aromatic heterocycles. The van der Waals surface area contributed by atoms with Crippen molar-refractivity contribution in [1.82, 2.24) is 9.71 Å². The van der Waals surface area contributed by atoms with Crippen LogP contribution in [0.1, 0.15) is 35.0 Å². The van der Waals surface area contributed by atoms with Gasteiger partial charge in [0.1, 0.15) is 0 Å². The lowest BCUT2D eigenvalue weighted by molar-refractivity contribution is 0.0980. The molecule has 0 bridgehead atoms. The first-order chi connectivity index (χ1) is 13.9. The summed E-state index contributed by atoms with van der Waals surface area (Å²) in [4.78, 5) is 16.4. The Bertz CT molecular complexity index is 927. The third-order valence-corrected chi connectivity index (χ3v) is 5.00. The molecule has 7 nitrogen and oxygen atoms in total. The van der Waals surface area contributed by atoms with Crippen molar-refractivity contribution in [2.24, 2.45) is 0 Å². The minimum Gasteiger partial charge on any atom is -0.478 e. The number of carbonyl (C=O) groups is 1. The molecule has 0 radical (unpaired) electrons. The van der Waals surface area contributed by atoms with Crippen LogP contribution in [-0.4, -0.2) is 38.3 Å². The molecule has 0 saturated heterocycles. The van der Waals surface area contributed by atoms with Crippen LogP contribution in [0.25, 0.3) is 0 Å². The zero-order valence-corrected chi connectivity index (χ0v) is 17.4. The second-order valence-corrected chi connectivity index (χ2v) is 7.99. The Morgan fingerprint density at radius 1 is 1.14 bits per heavy atom. The largest absolute Gasteiger partial charge is 0.478 e. The lowest BCUT2D eigenvalue weighted by Crippen LogP contribution is -2.32. The van der Waals surface area contributed by atoms with Crippen LogP contribution < -0.4 is 9.46 Å². The Balaban J connectivity index is 1.76. The summed E-state index contributed by atoms with van der Waals surface area (Å²) in [6.07, 6.45) is 3.81. The molecule has 2 rings (SSSR count). The molecule has 156 valence electrons. The topological polar surface area (TPSA) is 94.6 Å². The van der Waals surface area contributed by atoms with Crippen LogP contribution in [0, 0.1) is 6.92 Å². The molecule has 1 amide bonds. The molecule has 0 aliphatic rings. The highest BCUT2D eigenvalue weighted by molar-refractivity contribution is 7.90. The van der Waals surface area contributed by atoms with E-state index in [2.05, 4.69) is 9.71 Å². The number of ether oxygens (including phenoxy) is 2. The van der Waals surface area contributed by atoms with Crippen LogP contribution >= 0.6 is 0 Å². The van der Waals surface area contributed by atoms with Crippen LogP contribution in [0.5, 0.6) is 5.88 Å². The van der Waals surface area contributed by atoms with E-state index >= 15 is 0 Å². The predicted octanol–water partition coefficient (Wildman–Crippen LogP) is 3.01. The first-order valence-corrected chi connectivity index (χ1v) is 11.0. The van der Waals surface area contributed by atoms with E-state index in [1.807, 2.05) is 37.3 Å². The van der Waals surface area contributed by atoms with Crippen molar-refractivity contribution >= 4 is 15.9 Å². The number of sulfonamides is 1. The average Bonchev–Trinajstić information content (AvgIpc) is 2.68. The lowest BCUT2D eigenvalue weighted by Gasteiger charge is -2.09. The number of aromatic nitrogens is 1. The number of amides is 1. The molecule has 1 N–H and O–H groups in total. The van der Waals surface area contributed by atoms with Crippen LogP contribution in [-0.2, 0) is 21.4 Å². The van der Waals surface area contributed by atoms with E-state index in [-0.39, 0.29) is 11.3 Å². The maximum atomic E-state index is 12.2. The first kappa shape index (κ1) is 22.6. The van der Waals surface area contributed by atoms with E-state index in [1.165, 1.54) is 18.2 Å². The summed E-state index contributed by atoms with van der Waals surface area (Å²) < 4.78 is 37.1. The van der Waals surface area contributed by atoms with Crippen molar-refractivity contribution in [1.29, 1.82) is 0 Å². The quantitative estimate of drug-likeness (QED) is 0.445. The Kier molecular flexibility index (Phi) is 8.82. The fraction of sp³-hybridized carbons (Fsp3) is 0.333. The standard InChI is InChI=1S/C21H26N2O5S/c1-3-28-20-13-12-19(17(2)22-20)21(24)23-29(25,26)15-9-5-8-14-27-16-18-10-6-4-7-11-18/h4-7,9-13H,3,8,14-16H2,1-2H3,(H,23,24). The van der Waals surface area contributed by atoms with E-state index < -0.39 is 15.9 Å². The van der Waals surface area contributed by atoms with Gasteiger partial charge >= 0.3 is 0 Å². The zero-order valence-electron chi connectivity index (χ0n) is 16.6. The summed E-state index contributed by atoms with van der Waals surface area (Å²) in [5.74, 6) is -0.611. The van der Waals surface area contributed by atoms with Crippen molar-refractivity contribution in [2.75, 3.05) is 19.0 Å². The number of hydrogen-bond donors (Lipinski definition) is 1. The number of nitrogens with one attached hydrogen (secondary N) is 1. The monoisotopic (exact) mass is 418 g/mol. The van der Waals surface area contributed by atoms with Gasteiger partial charge in [0, 0.05) is 6.07 Å². The normalized spacial score (nSPS) is 11.5. The molecular weight excluding hydrogens is 392 g/mol. The fourth-order valence-electron chi connectivity index (χ4n) is 2.47. The van der Waals surface area contributed by atoms with E-state index in [9.17, 15) is 13.2 Å². The van der Waals surface area contributed by atoms with E-state index in [0.29, 0.717) is 37.8 Å². The highest BCUT2D eigenvalue weighted by atomic mass is 32.2. The smallest absolute Gasteiger partial charge is 0.266 e. The molecule has 0 aliphatic carbocycles. The van der Waals surface area contributed by atoms with Crippen LogP contribution in [0.2, 0.25) is 0 Å². The van der Waals surface area contributed by atoms with E-state index in [1.54, 1.807) is 13.0 Å². The lowest BCUT2D eigenvalue weighted by atomic mass is 10.2. The summed E-state index contributed by atoms with van der Waals surface area (Å²) in [5.41, 5.74) is 1.67. The third kappa shape index (κ3) is 8.05. The predicted molar refractivity (Wildman–Crippen MR) is 111 cm³/mol. The SMILES string of the molecule is CCOc1ccc(C(=O)NS(=O)(=O)CC=CCCOCc2ccccc2)c(C)n1. The van der Waals surface area contributed by atoms with Gasteiger partial charge in [0.25, 0.3) is 5.91 Å². The molecule has 0 spiro atoms. The number of rotatable bonds is 11. The molecule has 0 saturated carbocycles. The Morgan fingerprint density at radius 2 is 1.90 bits per heavy atom. The van der Waals surface area contributed by atoms with Crippen LogP contribution in [0.4, 0.5) is 0 Å². The molecule has 29 heavy (non-hydrogen) atoms. The number of hydrogen-bond acceptors (Lipinski definition) is 6. The van der Waals surface area contributed by atoms with Crippen LogP contribution in [0.15, 0.2) is 54.6 Å². The van der Waals surface area contributed by atoms with Gasteiger partial charge in [-0.05, 0) is 31.9 Å². The fourth-order valence-corrected chi connectivity index (χ4v) is 3.34. The summed E-state index contributed by atoms with van der Waals surface area (Å²) in [6, 6.07) is 12.8. The second kappa shape index (κ2) is 11.3. The molecule has 1 aromatic carbocycles. The van der Waals surface area contributed by atoms with Gasteiger partial charge in [0.2, 0.25) is 15.9 Å². The number of aryl methyl sites for hydroxylation is 1. The van der Waals surface area contributed by atoms with Gasteiger partial charge in [0.05, 0.1) is 36.8 Å². The highest BCUT2D eigenvalue weighted by Gasteiger charge is 2.17. The van der Waals surface area contributed by atoms with Gasteiger partial charge in [-0.3, -0.25) is 4.79 Å². The molecule has 8 heteroatoms. The Hall–Kier alpha value is -2.71. The average molecular weight is 419 g/mol.